The van der Waals surface area contributed by atoms with Gasteiger partial charge in [0.2, 0.25) is 0 Å². The van der Waals surface area contributed by atoms with E-state index in [0.717, 1.165) is 10.2 Å². The zero-order chi connectivity index (χ0) is 20.4. The number of nitrogens with one attached hydrogen (secondary N) is 1. The van der Waals surface area contributed by atoms with Gasteiger partial charge in [0.05, 0.1) is 34.8 Å². The van der Waals surface area contributed by atoms with Crippen molar-refractivity contribution in [3.05, 3.63) is 67.8 Å². The molecule has 3 aromatic rings. The quantitative estimate of drug-likeness (QED) is 0.632. The molecule has 0 bridgehead atoms. The second-order valence-corrected chi connectivity index (χ2v) is 7.71. The fourth-order valence-corrected chi connectivity index (χ4v) is 3.48. The lowest BCUT2D eigenvalue weighted by Gasteiger charge is -2.24. The Labute approximate surface area is 177 Å². The molecular formula is C18H19Cl3N6O. The average Bonchev–Trinajstić information content (AvgIpc) is 3.05. The smallest absolute Gasteiger partial charge is 0.292 e. The number of hydrogen-bond donors (Lipinski definition) is 1. The van der Waals surface area contributed by atoms with Crippen molar-refractivity contribution in [1.82, 2.24) is 24.5 Å². The molecule has 2 aromatic heterocycles. The Morgan fingerprint density at radius 3 is 2.54 bits per heavy atom. The molecule has 0 radical (unpaired) electrons. The first-order valence-electron chi connectivity index (χ1n) is 8.40. The van der Waals surface area contributed by atoms with E-state index in [1.54, 1.807) is 22.9 Å². The maximum atomic E-state index is 12.7. The molecule has 28 heavy (non-hydrogen) atoms. The summed E-state index contributed by atoms with van der Waals surface area (Å²) in [4.78, 5) is 14.7. The Balaban J connectivity index is 1.85. The molecule has 10 heteroatoms. The third kappa shape index (κ3) is 4.33. The SMILES string of the molecule is CN(C)C(CNc1cnn(-c2ccc(Cl)cc2Cl)c(=O)c1Cl)c1cnn(C)c1. The van der Waals surface area contributed by atoms with Crippen LogP contribution in [-0.2, 0) is 7.05 Å². The zero-order valence-electron chi connectivity index (χ0n) is 15.5. The Hall–Kier alpha value is -2.06. The number of hydrogen-bond acceptors (Lipinski definition) is 5. The van der Waals surface area contributed by atoms with Crippen molar-refractivity contribution in [1.29, 1.82) is 0 Å². The largest absolute Gasteiger partial charge is 0.380 e. The molecule has 7 nitrogen and oxygen atoms in total. The first-order chi connectivity index (χ1) is 13.3. The monoisotopic (exact) mass is 440 g/mol. The van der Waals surface area contributed by atoms with Gasteiger partial charge in [0.1, 0.15) is 5.02 Å². The molecule has 0 aliphatic carbocycles. The number of anilines is 1. The number of nitrogens with zero attached hydrogens (tertiary/aromatic N) is 5. The molecule has 1 aromatic carbocycles. The Morgan fingerprint density at radius 1 is 1.18 bits per heavy atom. The number of likely N-dealkylation sites (N-methyl/N-ethyl adjacent to an activating group) is 1. The highest BCUT2D eigenvalue weighted by Crippen LogP contribution is 2.25. The number of aryl methyl sites for hydroxylation is 1. The van der Waals surface area contributed by atoms with Crippen molar-refractivity contribution in [3.63, 3.8) is 0 Å². The van der Waals surface area contributed by atoms with E-state index < -0.39 is 5.56 Å². The molecule has 0 aliphatic heterocycles. The van der Waals surface area contributed by atoms with Gasteiger partial charge in [0, 0.05) is 30.4 Å². The first kappa shape index (κ1) is 20.7. The summed E-state index contributed by atoms with van der Waals surface area (Å²) in [7, 11) is 5.81. The standard InChI is InChI=1S/C18H19Cl3N6O/c1-25(2)16(11-7-23-26(3)10-11)9-22-14-8-24-27(18(28)17(14)21)15-5-4-12(19)6-13(15)20/h4-8,10,16,22H,9H2,1-3H3. The summed E-state index contributed by atoms with van der Waals surface area (Å²) in [5, 5.41) is 12.4. The van der Waals surface area contributed by atoms with E-state index in [4.69, 9.17) is 34.8 Å². The van der Waals surface area contributed by atoms with Gasteiger partial charge in [0.15, 0.2) is 0 Å². The van der Waals surface area contributed by atoms with Gasteiger partial charge in [-0.3, -0.25) is 9.48 Å². The normalized spacial score (nSPS) is 12.4. The predicted octanol–water partition coefficient (Wildman–Crippen LogP) is 3.64. The fraction of sp³-hybridized carbons (Fsp3) is 0.278. The van der Waals surface area contributed by atoms with Gasteiger partial charge < -0.3 is 10.2 Å². The topological polar surface area (TPSA) is 68.0 Å². The minimum atomic E-state index is -0.473. The molecule has 0 aliphatic rings. The van der Waals surface area contributed by atoms with E-state index in [-0.39, 0.29) is 11.1 Å². The number of halogens is 3. The van der Waals surface area contributed by atoms with Crippen molar-refractivity contribution in [2.24, 2.45) is 7.05 Å². The van der Waals surface area contributed by atoms with Gasteiger partial charge >= 0.3 is 0 Å². The van der Waals surface area contributed by atoms with E-state index in [1.165, 1.54) is 6.20 Å². The second-order valence-electron chi connectivity index (χ2n) is 6.49. The molecule has 1 unspecified atom stereocenters. The minimum Gasteiger partial charge on any atom is -0.380 e. The van der Waals surface area contributed by atoms with E-state index >= 15 is 0 Å². The lowest BCUT2D eigenvalue weighted by atomic mass is 10.1. The van der Waals surface area contributed by atoms with E-state index in [0.29, 0.717) is 28.0 Å². The molecule has 0 saturated heterocycles. The van der Waals surface area contributed by atoms with Crippen LogP contribution < -0.4 is 10.9 Å². The Bertz CT molecular complexity index is 1050. The maximum absolute atomic E-state index is 12.7. The highest BCUT2D eigenvalue weighted by molar-refractivity contribution is 6.36. The van der Waals surface area contributed by atoms with E-state index in [2.05, 4.69) is 20.4 Å². The van der Waals surface area contributed by atoms with Crippen LogP contribution >= 0.6 is 34.8 Å². The zero-order valence-corrected chi connectivity index (χ0v) is 17.8. The summed E-state index contributed by atoms with van der Waals surface area (Å²) >= 11 is 18.4. The third-order valence-corrected chi connectivity index (χ3v) is 5.18. The molecule has 0 amide bonds. The van der Waals surface area contributed by atoms with Crippen molar-refractivity contribution in [3.8, 4) is 5.69 Å². The Kier molecular flexibility index (Phi) is 6.30. The molecule has 148 valence electrons. The van der Waals surface area contributed by atoms with E-state index in [1.807, 2.05) is 33.5 Å². The van der Waals surface area contributed by atoms with Crippen LogP contribution in [0.2, 0.25) is 15.1 Å². The highest BCUT2D eigenvalue weighted by atomic mass is 35.5. The van der Waals surface area contributed by atoms with Crippen molar-refractivity contribution >= 4 is 40.5 Å². The predicted molar refractivity (Wildman–Crippen MR) is 113 cm³/mol. The van der Waals surface area contributed by atoms with Crippen molar-refractivity contribution in [2.75, 3.05) is 26.0 Å². The fourth-order valence-electron chi connectivity index (χ4n) is 2.80. The van der Waals surface area contributed by atoms with Gasteiger partial charge in [-0.2, -0.15) is 14.9 Å². The maximum Gasteiger partial charge on any atom is 0.292 e. The second kappa shape index (κ2) is 8.53. The molecule has 0 fully saturated rings. The van der Waals surface area contributed by atoms with Gasteiger partial charge in [-0.05, 0) is 32.3 Å². The van der Waals surface area contributed by atoms with Crippen LogP contribution in [0.25, 0.3) is 5.69 Å². The minimum absolute atomic E-state index is 0.0321. The molecule has 0 saturated carbocycles. The Morgan fingerprint density at radius 2 is 1.93 bits per heavy atom. The number of benzene rings is 1. The summed E-state index contributed by atoms with van der Waals surface area (Å²) in [5.41, 5.74) is 1.43. The van der Waals surface area contributed by atoms with Crippen LogP contribution in [0.15, 0.2) is 41.6 Å². The van der Waals surface area contributed by atoms with Crippen molar-refractivity contribution < 1.29 is 0 Å². The van der Waals surface area contributed by atoms with Crippen LogP contribution in [0.5, 0.6) is 0 Å². The van der Waals surface area contributed by atoms with Gasteiger partial charge in [-0.25, -0.2) is 0 Å². The molecule has 3 rings (SSSR count). The number of aromatic nitrogens is 4. The van der Waals surface area contributed by atoms with Crippen LogP contribution in [0, 0.1) is 0 Å². The molecule has 2 heterocycles. The van der Waals surface area contributed by atoms with Crippen molar-refractivity contribution in [2.45, 2.75) is 6.04 Å². The summed E-state index contributed by atoms with van der Waals surface area (Å²) < 4.78 is 2.90. The molecular weight excluding hydrogens is 423 g/mol. The van der Waals surface area contributed by atoms with Gasteiger partial charge in [0.25, 0.3) is 5.56 Å². The first-order valence-corrected chi connectivity index (χ1v) is 9.53. The summed E-state index contributed by atoms with van der Waals surface area (Å²) in [6.07, 6.45) is 5.27. The average molecular weight is 442 g/mol. The highest BCUT2D eigenvalue weighted by Gasteiger charge is 2.18. The summed E-state index contributed by atoms with van der Waals surface area (Å²) in [6.45, 7) is 0.519. The lowest BCUT2D eigenvalue weighted by Crippen LogP contribution is -2.28. The van der Waals surface area contributed by atoms with Crippen LogP contribution in [0.1, 0.15) is 11.6 Å². The van der Waals surface area contributed by atoms with E-state index in [9.17, 15) is 4.79 Å². The van der Waals surface area contributed by atoms with Crippen LogP contribution in [0.4, 0.5) is 5.69 Å². The van der Waals surface area contributed by atoms with Gasteiger partial charge in [-0.15, -0.1) is 0 Å². The third-order valence-electron chi connectivity index (χ3n) is 4.28. The van der Waals surface area contributed by atoms with Gasteiger partial charge in [-0.1, -0.05) is 34.8 Å². The molecule has 1 N–H and O–H groups in total. The lowest BCUT2D eigenvalue weighted by molar-refractivity contribution is 0.311. The summed E-state index contributed by atoms with van der Waals surface area (Å²) in [6, 6.07) is 4.83. The molecule has 0 spiro atoms. The number of rotatable bonds is 6. The summed E-state index contributed by atoms with van der Waals surface area (Å²) in [5.74, 6) is 0. The van der Waals surface area contributed by atoms with Crippen LogP contribution in [0.3, 0.4) is 0 Å². The van der Waals surface area contributed by atoms with Crippen LogP contribution in [-0.4, -0.2) is 45.1 Å². The molecule has 1 atom stereocenters.